The first-order valence-corrected chi connectivity index (χ1v) is 16.9. The second-order valence-electron chi connectivity index (χ2n) is 12.4. The Kier molecular flexibility index (Phi) is 23.1. The number of nitrogens with two attached hydrogens (primary N) is 7. The van der Waals surface area contributed by atoms with Crippen molar-refractivity contribution in [3.05, 3.63) is 0 Å². The number of carbonyl (C=O) groups excluding carboxylic acids is 6. The quantitative estimate of drug-likeness (QED) is 0.0170. The molecule has 0 fully saturated rings. The molecular weight excluding hydrogens is 682 g/mol. The van der Waals surface area contributed by atoms with E-state index >= 15 is 0 Å². The van der Waals surface area contributed by atoms with Crippen LogP contribution in [0.15, 0.2) is 15.0 Å². The Morgan fingerprint density at radius 2 is 1.00 bits per heavy atom. The average Bonchev–Trinajstić information content (AvgIpc) is 3.06. The minimum Gasteiger partial charge on any atom is -0.394 e. The number of aliphatic hydroxyl groups excluding tert-OH is 1. The van der Waals surface area contributed by atoms with E-state index in [2.05, 4.69) is 41.6 Å². The van der Waals surface area contributed by atoms with Crippen molar-refractivity contribution in [1.82, 2.24) is 26.6 Å². The molecule has 0 spiro atoms. The molecule has 0 aromatic heterocycles. The number of aliphatic imine (C=N–C) groups is 3. The van der Waals surface area contributed by atoms with Crippen LogP contribution >= 0.6 is 0 Å². The standard InChI is InChI=1S/C30H59N15O7/c1-16(2)13-18(14-46)42-25(50)20(8-5-11-39-29(34)35)43-23(48)17(3)41-27(52)22(15-47)45-26(51)21(9-6-12-40-30(36)37)44-24(49)19(31)7-4-10-38-28(32)33/h14,16-22,47H,4-13,15,31H2,1-3H3,(H,41,52)(H,42,50)(H,43,48)(H,44,49)(H,45,51)(H4,32,33,38)(H4,34,35,39)(H4,36,37,40)/t17-,18-,19-,20-,21-,22-/m0/s1. The Morgan fingerprint density at radius 1 is 0.596 bits per heavy atom. The van der Waals surface area contributed by atoms with Crippen molar-refractivity contribution in [2.24, 2.45) is 61.0 Å². The number of hydrogen-bond donors (Lipinski definition) is 13. The summed E-state index contributed by atoms with van der Waals surface area (Å²) in [4.78, 5) is 88.4. The van der Waals surface area contributed by atoms with Gasteiger partial charge in [0.15, 0.2) is 17.9 Å². The van der Waals surface area contributed by atoms with E-state index < -0.39 is 72.4 Å². The first kappa shape index (κ1) is 46.8. The number of guanidine groups is 3. The Balaban J connectivity index is 5.67. The van der Waals surface area contributed by atoms with E-state index in [1.54, 1.807) is 0 Å². The molecule has 22 heteroatoms. The molecule has 0 aromatic rings. The van der Waals surface area contributed by atoms with Crippen LogP contribution in [-0.2, 0) is 28.8 Å². The van der Waals surface area contributed by atoms with Crippen LogP contribution in [0.4, 0.5) is 0 Å². The average molecular weight is 742 g/mol. The van der Waals surface area contributed by atoms with Gasteiger partial charge in [0.05, 0.1) is 18.7 Å². The van der Waals surface area contributed by atoms with Crippen LogP contribution in [0.2, 0.25) is 0 Å². The van der Waals surface area contributed by atoms with Gasteiger partial charge in [0.1, 0.15) is 30.5 Å². The normalized spacial score (nSPS) is 14.2. The molecule has 0 unspecified atom stereocenters. The lowest BCUT2D eigenvalue weighted by atomic mass is 10.0. The Bertz CT molecular complexity index is 1250. The highest BCUT2D eigenvalue weighted by atomic mass is 16.3. The molecule has 6 atom stereocenters. The second kappa shape index (κ2) is 25.7. The van der Waals surface area contributed by atoms with Gasteiger partial charge in [-0.1, -0.05) is 13.8 Å². The lowest BCUT2D eigenvalue weighted by molar-refractivity contribution is -0.135. The number of aldehydes is 1. The minimum absolute atomic E-state index is 0.0302. The Labute approximate surface area is 303 Å². The molecule has 5 amide bonds. The first-order chi connectivity index (χ1) is 24.4. The molecule has 20 N–H and O–H groups in total. The molecule has 52 heavy (non-hydrogen) atoms. The molecule has 0 saturated heterocycles. The molecule has 0 saturated carbocycles. The predicted octanol–water partition coefficient (Wildman–Crippen LogP) is -5.84. The van der Waals surface area contributed by atoms with Crippen molar-refractivity contribution in [2.45, 2.75) is 102 Å². The third-order valence-electron chi connectivity index (χ3n) is 7.25. The fourth-order valence-electron chi connectivity index (χ4n) is 4.56. The largest absolute Gasteiger partial charge is 0.394 e. The second-order valence-corrected chi connectivity index (χ2v) is 12.4. The molecule has 22 nitrogen and oxygen atoms in total. The maximum atomic E-state index is 13.3. The lowest BCUT2D eigenvalue weighted by Gasteiger charge is -2.25. The number of nitrogens with zero attached hydrogens (tertiary/aromatic N) is 3. The van der Waals surface area contributed by atoms with E-state index in [4.69, 9.17) is 40.1 Å². The third-order valence-corrected chi connectivity index (χ3v) is 7.25. The minimum atomic E-state index is -1.55. The predicted molar refractivity (Wildman–Crippen MR) is 196 cm³/mol. The summed E-state index contributed by atoms with van der Waals surface area (Å²) >= 11 is 0. The summed E-state index contributed by atoms with van der Waals surface area (Å²) in [5.74, 6) is -4.17. The van der Waals surface area contributed by atoms with Crippen LogP contribution < -0.4 is 66.7 Å². The molecule has 0 bridgehead atoms. The highest BCUT2D eigenvalue weighted by Crippen LogP contribution is 2.06. The molecule has 0 heterocycles. The molecule has 0 rings (SSSR count). The van der Waals surface area contributed by atoms with Gasteiger partial charge in [-0.05, 0) is 57.8 Å². The summed E-state index contributed by atoms with van der Waals surface area (Å²) in [5.41, 5.74) is 38.0. The van der Waals surface area contributed by atoms with Gasteiger partial charge >= 0.3 is 0 Å². The van der Waals surface area contributed by atoms with Crippen LogP contribution in [0.1, 0.15) is 65.7 Å². The number of nitrogens with one attached hydrogen (secondary N) is 5. The molecule has 0 aromatic carbocycles. The van der Waals surface area contributed by atoms with Gasteiger partial charge in [-0.25, -0.2) is 0 Å². The highest BCUT2D eigenvalue weighted by molar-refractivity contribution is 5.96. The van der Waals surface area contributed by atoms with Crippen molar-refractivity contribution in [3.8, 4) is 0 Å². The Morgan fingerprint density at radius 3 is 1.42 bits per heavy atom. The Hall–Kier alpha value is -5.25. The van der Waals surface area contributed by atoms with Crippen molar-refractivity contribution in [2.75, 3.05) is 26.2 Å². The summed E-state index contributed by atoms with van der Waals surface area (Å²) in [6.07, 6.45) is 2.21. The SMILES string of the molecule is CC(C)C[C@@H](C=O)NC(=O)[C@H](CCCN=C(N)N)NC(=O)[C@H](C)NC(=O)[C@H](CO)NC(=O)[C@H](CCCN=C(N)N)NC(=O)[C@@H](N)CCCN=C(N)N. The van der Waals surface area contributed by atoms with Crippen LogP contribution in [0.3, 0.4) is 0 Å². The summed E-state index contributed by atoms with van der Waals surface area (Å²) in [7, 11) is 0. The molecule has 0 aliphatic heterocycles. The van der Waals surface area contributed by atoms with E-state index in [9.17, 15) is 33.9 Å². The number of carbonyl (C=O) groups is 6. The van der Waals surface area contributed by atoms with Gasteiger partial charge in [0, 0.05) is 19.6 Å². The first-order valence-electron chi connectivity index (χ1n) is 16.9. The number of aliphatic hydroxyl groups is 1. The highest BCUT2D eigenvalue weighted by Gasteiger charge is 2.30. The number of amides is 5. The molecule has 296 valence electrons. The zero-order valence-corrected chi connectivity index (χ0v) is 30.2. The monoisotopic (exact) mass is 741 g/mol. The molecule has 0 aliphatic rings. The molecule has 0 aliphatic carbocycles. The topological polar surface area (TPSA) is 402 Å². The van der Waals surface area contributed by atoms with Crippen molar-refractivity contribution >= 4 is 53.7 Å². The summed E-state index contributed by atoms with van der Waals surface area (Å²) in [6.45, 7) is 4.74. The van der Waals surface area contributed by atoms with Gasteiger partial charge in [0.2, 0.25) is 29.5 Å². The van der Waals surface area contributed by atoms with E-state index in [0.717, 1.165) is 0 Å². The van der Waals surface area contributed by atoms with E-state index in [-0.39, 0.29) is 75.5 Å². The van der Waals surface area contributed by atoms with Gasteiger partial charge in [-0.15, -0.1) is 0 Å². The fourth-order valence-corrected chi connectivity index (χ4v) is 4.56. The van der Waals surface area contributed by atoms with Crippen molar-refractivity contribution in [1.29, 1.82) is 0 Å². The lowest BCUT2D eigenvalue weighted by Crippen LogP contribution is -2.59. The van der Waals surface area contributed by atoms with Gasteiger partial charge in [-0.3, -0.25) is 38.9 Å². The third kappa shape index (κ3) is 21.1. The van der Waals surface area contributed by atoms with E-state index in [1.165, 1.54) is 6.92 Å². The van der Waals surface area contributed by atoms with E-state index in [1.807, 2.05) is 13.8 Å². The summed E-state index contributed by atoms with van der Waals surface area (Å²) in [6, 6.07) is -6.94. The zero-order valence-electron chi connectivity index (χ0n) is 30.2. The van der Waals surface area contributed by atoms with Crippen molar-refractivity contribution in [3.63, 3.8) is 0 Å². The van der Waals surface area contributed by atoms with Gasteiger partial charge in [0.25, 0.3) is 0 Å². The fraction of sp³-hybridized carbons (Fsp3) is 0.700. The summed E-state index contributed by atoms with van der Waals surface area (Å²) in [5, 5.41) is 22.4. The van der Waals surface area contributed by atoms with Crippen LogP contribution in [-0.4, -0.2) is 121 Å². The van der Waals surface area contributed by atoms with Crippen molar-refractivity contribution < 1.29 is 33.9 Å². The smallest absolute Gasteiger partial charge is 0.245 e. The van der Waals surface area contributed by atoms with E-state index in [0.29, 0.717) is 19.1 Å². The maximum absolute atomic E-state index is 13.3. The van der Waals surface area contributed by atoms with Crippen LogP contribution in [0.25, 0.3) is 0 Å². The molecule has 0 radical (unpaired) electrons. The maximum Gasteiger partial charge on any atom is 0.245 e. The molecular formula is C30H59N15O7. The van der Waals surface area contributed by atoms with Gasteiger partial charge in [-0.2, -0.15) is 0 Å². The number of rotatable bonds is 26. The number of hydrogen-bond acceptors (Lipinski definition) is 11. The van der Waals surface area contributed by atoms with Gasteiger partial charge < -0.3 is 76.6 Å². The van der Waals surface area contributed by atoms with Crippen LogP contribution in [0.5, 0.6) is 0 Å². The van der Waals surface area contributed by atoms with Crippen LogP contribution in [0, 0.1) is 5.92 Å². The summed E-state index contributed by atoms with van der Waals surface area (Å²) < 4.78 is 0. The zero-order chi connectivity index (χ0) is 39.8.